The maximum atomic E-state index is 12.5. The van der Waals surface area contributed by atoms with Crippen LogP contribution in [0.4, 0.5) is 5.69 Å². The first-order valence-corrected chi connectivity index (χ1v) is 6.78. The van der Waals surface area contributed by atoms with Gasteiger partial charge in [0.15, 0.2) is 0 Å². The predicted molar refractivity (Wildman–Crippen MR) is 73.5 cm³/mol. The summed E-state index contributed by atoms with van der Waals surface area (Å²) in [5.74, 6) is -0.358. The highest BCUT2D eigenvalue weighted by Crippen LogP contribution is 2.29. The molecule has 20 heavy (non-hydrogen) atoms. The molecule has 108 valence electrons. The lowest BCUT2D eigenvalue weighted by molar-refractivity contribution is -0.385. The molecule has 7 nitrogen and oxygen atoms in total. The van der Waals surface area contributed by atoms with Crippen molar-refractivity contribution in [3.63, 3.8) is 0 Å². The van der Waals surface area contributed by atoms with Gasteiger partial charge >= 0.3 is 0 Å². The van der Waals surface area contributed by atoms with Crippen LogP contribution in [0.1, 0.15) is 10.4 Å². The van der Waals surface area contributed by atoms with Gasteiger partial charge in [0.2, 0.25) is 0 Å². The van der Waals surface area contributed by atoms with Gasteiger partial charge in [0, 0.05) is 12.6 Å². The Hall–Kier alpha value is -1.51. The highest BCUT2D eigenvalue weighted by molar-refractivity contribution is 9.10. The Morgan fingerprint density at radius 1 is 1.60 bits per heavy atom. The summed E-state index contributed by atoms with van der Waals surface area (Å²) in [5.41, 5.74) is 0.0456. The van der Waals surface area contributed by atoms with Gasteiger partial charge in [-0.05, 0) is 22.0 Å². The van der Waals surface area contributed by atoms with Crippen molar-refractivity contribution in [2.45, 2.75) is 6.04 Å². The van der Waals surface area contributed by atoms with E-state index in [1.165, 1.54) is 23.1 Å². The van der Waals surface area contributed by atoms with Crippen molar-refractivity contribution in [3.05, 3.63) is 38.3 Å². The summed E-state index contributed by atoms with van der Waals surface area (Å²) in [5, 5.41) is 20.2. The van der Waals surface area contributed by atoms with Gasteiger partial charge in [-0.25, -0.2) is 0 Å². The molecule has 0 bridgehead atoms. The number of ether oxygens (including phenoxy) is 1. The number of amides is 1. The second-order valence-electron chi connectivity index (χ2n) is 4.31. The van der Waals surface area contributed by atoms with E-state index in [1.54, 1.807) is 0 Å². The van der Waals surface area contributed by atoms with E-state index < -0.39 is 11.0 Å². The van der Waals surface area contributed by atoms with Gasteiger partial charge < -0.3 is 14.7 Å². The maximum Gasteiger partial charge on any atom is 0.284 e. The van der Waals surface area contributed by atoms with Crippen LogP contribution >= 0.6 is 15.9 Å². The second-order valence-corrected chi connectivity index (χ2v) is 5.10. The molecule has 2 rings (SSSR count). The van der Waals surface area contributed by atoms with E-state index in [4.69, 9.17) is 4.74 Å². The molecule has 0 spiro atoms. The van der Waals surface area contributed by atoms with E-state index >= 15 is 0 Å². The molecule has 0 saturated carbocycles. The first-order valence-electron chi connectivity index (χ1n) is 5.98. The average Bonchev–Trinajstić information content (AvgIpc) is 2.46. The molecule has 0 aliphatic carbocycles. The summed E-state index contributed by atoms with van der Waals surface area (Å²) >= 11 is 3.11. The summed E-state index contributed by atoms with van der Waals surface area (Å²) in [6.45, 7) is 0.779. The highest BCUT2D eigenvalue weighted by atomic mass is 79.9. The molecule has 0 aromatic heterocycles. The smallest absolute Gasteiger partial charge is 0.284 e. The van der Waals surface area contributed by atoms with Crippen LogP contribution in [0.25, 0.3) is 0 Å². The van der Waals surface area contributed by atoms with E-state index in [2.05, 4.69) is 15.9 Å². The van der Waals surface area contributed by atoms with Crippen LogP contribution in [-0.4, -0.2) is 53.2 Å². The summed E-state index contributed by atoms with van der Waals surface area (Å²) in [4.78, 5) is 24.3. The first kappa shape index (κ1) is 14.9. The Morgan fingerprint density at radius 2 is 2.35 bits per heavy atom. The molecule has 1 aliphatic rings. The molecule has 1 saturated heterocycles. The van der Waals surface area contributed by atoms with Crippen LogP contribution in [0.15, 0.2) is 22.7 Å². The third kappa shape index (κ3) is 2.82. The van der Waals surface area contributed by atoms with Crippen LogP contribution in [0.3, 0.4) is 0 Å². The summed E-state index contributed by atoms with van der Waals surface area (Å²) in [7, 11) is 0. The van der Waals surface area contributed by atoms with Gasteiger partial charge in [-0.15, -0.1) is 0 Å². The lowest BCUT2D eigenvalue weighted by Crippen LogP contribution is -2.50. The number of hydrogen-bond acceptors (Lipinski definition) is 5. The molecule has 1 aliphatic heterocycles. The molecule has 1 fully saturated rings. The number of carbonyl (C=O) groups excluding carboxylic acids is 1. The number of carbonyl (C=O) groups is 1. The number of halogens is 1. The second kappa shape index (κ2) is 6.29. The van der Waals surface area contributed by atoms with Crippen molar-refractivity contribution in [1.29, 1.82) is 0 Å². The molecule has 1 N–H and O–H groups in total. The van der Waals surface area contributed by atoms with E-state index in [1.807, 2.05) is 0 Å². The number of morpholine rings is 1. The van der Waals surface area contributed by atoms with Gasteiger partial charge in [-0.1, -0.05) is 6.07 Å². The van der Waals surface area contributed by atoms with E-state index in [-0.39, 0.29) is 34.8 Å². The maximum absolute atomic E-state index is 12.5. The first-order chi connectivity index (χ1) is 9.56. The average molecular weight is 345 g/mol. The molecular formula is C12H13BrN2O5. The fraction of sp³-hybridized carbons (Fsp3) is 0.417. The Kier molecular flexibility index (Phi) is 4.69. The molecule has 0 radical (unpaired) electrons. The minimum absolute atomic E-state index is 0.151. The quantitative estimate of drug-likeness (QED) is 0.656. The zero-order valence-corrected chi connectivity index (χ0v) is 12.1. The molecule has 8 heteroatoms. The predicted octanol–water partition coefficient (Wildman–Crippen LogP) is 1.19. The molecule has 1 atom stereocenters. The molecule has 1 unspecified atom stereocenters. The molecule has 1 heterocycles. The lowest BCUT2D eigenvalue weighted by Gasteiger charge is -2.34. The summed E-state index contributed by atoms with van der Waals surface area (Å²) in [6.07, 6.45) is 0. The number of rotatable bonds is 3. The number of benzene rings is 1. The van der Waals surface area contributed by atoms with E-state index in [9.17, 15) is 20.0 Å². The fourth-order valence-corrected chi connectivity index (χ4v) is 2.63. The van der Waals surface area contributed by atoms with Crippen LogP contribution in [0.2, 0.25) is 0 Å². The SMILES string of the molecule is O=C(c1cccc([N+](=O)[O-])c1Br)N1CCOCC1CO. The Balaban J connectivity index is 2.33. The van der Waals surface area contributed by atoms with Gasteiger partial charge in [0.05, 0.1) is 36.3 Å². The molecule has 1 aromatic rings. The topological polar surface area (TPSA) is 92.9 Å². The van der Waals surface area contributed by atoms with Crippen molar-refractivity contribution in [2.75, 3.05) is 26.4 Å². The number of nitrogens with zero attached hydrogens (tertiary/aromatic N) is 2. The number of aliphatic hydroxyl groups is 1. The van der Waals surface area contributed by atoms with Crippen molar-refractivity contribution in [3.8, 4) is 0 Å². The number of hydrogen-bond donors (Lipinski definition) is 1. The zero-order chi connectivity index (χ0) is 14.7. The minimum Gasteiger partial charge on any atom is -0.394 e. The number of nitro benzene ring substituents is 1. The normalized spacial score (nSPS) is 18.9. The number of nitro groups is 1. The standard InChI is InChI=1S/C12H13BrN2O5/c13-11-9(2-1-3-10(11)15(18)19)12(17)14-4-5-20-7-8(14)6-16/h1-3,8,16H,4-7H2. The van der Waals surface area contributed by atoms with Crippen molar-refractivity contribution in [1.82, 2.24) is 4.90 Å². The summed E-state index contributed by atoms with van der Waals surface area (Å²) in [6, 6.07) is 3.87. The molecule has 1 amide bonds. The minimum atomic E-state index is -0.552. The lowest BCUT2D eigenvalue weighted by atomic mass is 10.1. The third-order valence-electron chi connectivity index (χ3n) is 3.10. The molecule has 1 aromatic carbocycles. The Bertz CT molecular complexity index is 537. The Labute approximate surface area is 123 Å². The van der Waals surface area contributed by atoms with Crippen molar-refractivity contribution in [2.24, 2.45) is 0 Å². The van der Waals surface area contributed by atoms with E-state index in [0.29, 0.717) is 13.2 Å². The Morgan fingerprint density at radius 3 is 3.00 bits per heavy atom. The van der Waals surface area contributed by atoms with Crippen molar-refractivity contribution < 1.29 is 19.6 Å². The highest BCUT2D eigenvalue weighted by Gasteiger charge is 2.30. The third-order valence-corrected chi connectivity index (χ3v) is 3.94. The van der Waals surface area contributed by atoms with Gasteiger partial charge in [-0.3, -0.25) is 14.9 Å². The van der Waals surface area contributed by atoms with Gasteiger partial charge in [0.1, 0.15) is 4.47 Å². The van der Waals surface area contributed by atoms with Crippen LogP contribution in [0.5, 0.6) is 0 Å². The fourth-order valence-electron chi connectivity index (χ4n) is 2.05. The monoisotopic (exact) mass is 344 g/mol. The van der Waals surface area contributed by atoms with Gasteiger partial charge in [0.25, 0.3) is 11.6 Å². The summed E-state index contributed by atoms with van der Waals surface area (Å²) < 4.78 is 5.36. The van der Waals surface area contributed by atoms with Crippen molar-refractivity contribution >= 4 is 27.5 Å². The molecular weight excluding hydrogens is 332 g/mol. The largest absolute Gasteiger partial charge is 0.394 e. The van der Waals surface area contributed by atoms with Crippen LogP contribution in [-0.2, 0) is 4.74 Å². The zero-order valence-electron chi connectivity index (χ0n) is 10.5. The van der Waals surface area contributed by atoms with Gasteiger partial charge in [-0.2, -0.15) is 0 Å². The van der Waals surface area contributed by atoms with E-state index in [0.717, 1.165) is 0 Å². The number of aliphatic hydroxyl groups excluding tert-OH is 1. The van der Waals surface area contributed by atoms with Crippen LogP contribution < -0.4 is 0 Å². The van der Waals surface area contributed by atoms with Crippen LogP contribution in [0, 0.1) is 10.1 Å².